The minimum Gasteiger partial charge on any atom is -0.384 e. The van der Waals surface area contributed by atoms with E-state index in [1.807, 2.05) is 10.7 Å². The van der Waals surface area contributed by atoms with E-state index >= 15 is 0 Å². The fraction of sp³-hybridized carbons (Fsp3) is 0.625. The van der Waals surface area contributed by atoms with Gasteiger partial charge in [-0.15, -0.1) is 0 Å². The lowest BCUT2D eigenvalue weighted by Gasteiger charge is -2.15. The highest BCUT2D eigenvalue weighted by Crippen LogP contribution is 2.26. The number of nitrogens with two attached hydrogens (primary N) is 1. The monoisotopic (exact) mass is 167 g/mol. The predicted molar refractivity (Wildman–Crippen MR) is 45.7 cm³/mol. The van der Waals surface area contributed by atoms with Crippen LogP contribution in [0.15, 0.2) is 12.3 Å². The average molecular weight is 167 g/mol. The number of anilines is 1. The minimum absolute atomic E-state index is 0.229. The molecule has 0 aliphatic carbocycles. The molecule has 2 atom stereocenters. The fourth-order valence-corrected chi connectivity index (χ4v) is 1.64. The first-order valence-corrected chi connectivity index (χ1v) is 4.19. The molecule has 0 saturated carbocycles. The molecule has 1 aliphatic rings. The van der Waals surface area contributed by atoms with Crippen LogP contribution in [0.1, 0.15) is 19.4 Å². The lowest BCUT2D eigenvalue weighted by Crippen LogP contribution is -2.19. The van der Waals surface area contributed by atoms with Crippen molar-refractivity contribution in [3.8, 4) is 0 Å². The minimum atomic E-state index is 0.229. The van der Waals surface area contributed by atoms with Gasteiger partial charge in [0.05, 0.1) is 18.3 Å². The summed E-state index contributed by atoms with van der Waals surface area (Å²) < 4.78 is 7.27. The first kappa shape index (κ1) is 7.61. The normalized spacial score (nSPS) is 29.4. The molecule has 1 fully saturated rings. The molecule has 2 N–H and O–H groups in total. The Balaban J connectivity index is 2.24. The number of rotatable bonds is 1. The Morgan fingerprint density at radius 2 is 2.58 bits per heavy atom. The number of hydrogen-bond acceptors (Lipinski definition) is 3. The third-order valence-electron chi connectivity index (χ3n) is 2.35. The third-order valence-corrected chi connectivity index (χ3v) is 2.35. The smallest absolute Gasteiger partial charge is 0.122 e. The SMILES string of the molecule is CC1OCCC1n1nccc1N. The van der Waals surface area contributed by atoms with Crippen LogP contribution in [0.25, 0.3) is 0 Å². The van der Waals surface area contributed by atoms with E-state index in [-0.39, 0.29) is 6.10 Å². The summed E-state index contributed by atoms with van der Waals surface area (Å²) in [6, 6.07) is 2.13. The van der Waals surface area contributed by atoms with E-state index < -0.39 is 0 Å². The van der Waals surface area contributed by atoms with Gasteiger partial charge in [-0.05, 0) is 19.4 Å². The molecule has 2 unspecified atom stereocenters. The second-order valence-corrected chi connectivity index (χ2v) is 3.13. The third kappa shape index (κ3) is 1.08. The van der Waals surface area contributed by atoms with Crippen molar-refractivity contribution in [2.24, 2.45) is 0 Å². The summed E-state index contributed by atoms with van der Waals surface area (Å²) in [7, 11) is 0. The van der Waals surface area contributed by atoms with Crippen molar-refractivity contribution < 1.29 is 4.74 Å². The van der Waals surface area contributed by atoms with E-state index in [0.717, 1.165) is 18.8 Å². The van der Waals surface area contributed by atoms with Gasteiger partial charge in [-0.1, -0.05) is 0 Å². The lowest BCUT2D eigenvalue weighted by atomic mass is 10.2. The highest BCUT2D eigenvalue weighted by Gasteiger charge is 2.27. The second kappa shape index (κ2) is 2.79. The molecule has 2 rings (SSSR count). The molecule has 4 nitrogen and oxygen atoms in total. The summed E-state index contributed by atoms with van der Waals surface area (Å²) >= 11 is 0. The van der Waals surface area contributed by atoms with E-state index in [0.29, 0.717) is 6.04 Å². The Kier molecular flexibility index (Phi) is 1.77. The molecule has 0 radical (unpaired) electrons. The molecular weight excluding hydrogens is 154 g/mol. The zero-order valence-corrected chi connectivity index (χ0v) is 7.10. The van der Waals surface area contributed by atoms with Crippen molar-refractivity contribution in [1.82, 2.24) is 9.78 Å². The largest absolute Gasteiger partial charge is 0.384 e. The number of aromatic nitrogens is 2. The Labute approximate surface area is 71.3 Å². The second-order valence-electron chi connectivity index (χ2n) is 3.13. The van der Waals surface area contributed by atoms with Gasteiger partial charge in [0.15, 0.2) is 0 Å². The van der Waals surface area contributed by atoms with Crippen molar-refractivity contribution in [3.05, 3.63) is 12.3 Å². The van der Waals surface area contributed by atoms with Crippen molar-refractivity contribution in [3.63, 3.8) is 0 Å². The van der Waals surface area contributed by atoms with Gasteiger partial charge < -0.3 is 10.5 Å². The lowest BCUT2D eigenvalue weighted by molar-refractivity contribution is 0.105. The highest BCUT2D eigenvalue weighted by molar-refractivity contribution is 5.27. The van der Waals surface area contributed by atoms with Crippen LogP contribution in [0.4, 0.5) is 5.82 Å². The molecular formula is C8H13N3O. The molecule has 1 aliphatic heterocycles. The maximum absolute atomic E-state index is 5.73. The molecule has 12 heavy (non-hydrogen) atoms. The quantitative estimate of drug-likeness (QED) is 0.673. The maximum Gasteiger partial charge on any atom is 0.122 e. The van der Waals surface area contributed by atoms with Gasteiger partial charge in [-0.2, -0.15) is 5.10 Å². The zero-order valence-electron chi connectivity index (χ0n) is 7.10. The summed E-state index contributed by atoms with van der Waals surface area (Å²) in [5, 5.41) is 4.16. The van der Waals surface area contributed by atoms with Gasteiger partial charge >= 0.3 is 0 Å². The van der Waals surface area contributed by atoms with Gasteiger partial charge in [-0.3, -0.25) is 0 Å². The van der Waals surface area contributed by atoms with Crippen LogP contribution in [-0.2, 0) is 4.74 Å². The summed E-state index contributed by atoms with van der Waals surface area (Å²) in [6.07, 6.45) is 2.96. The van der Waals surface area contributed by atoms with Crippen LogP contribution in [0.5, 0.6) is 0 Å². The van der Waals surface area contributed by atoms with Crippen molar-refractivity contribution in [2.75, 3.05) is 12.3 Å². The highest BCUT2D eigenvalue weighted by atomic mass is 16.5. The molecule has 2 heterocycles. The van der Waals surface area contributed by atoms with E-state index in [1.54, 1.807) is 6.20 Å². The van der Waals surface area contributed by atoms with Gasteiger partial charge in [0.25, 0.3) is 0 Å². The van der Waals surface area contributed by atoms with Crippen molar-refractivity contribution >= 4 is 5.82 Å². The van der Waals surface area contributed by atoms with Crippen LogP contribution >= 0.6 is 0 Å². The molecule has 0 aromatic carbocycles. The molecule has 1 saturated heterocycles. The predicted octanol–water partition coefficient (Wildman–Crippen LogP) is 0.815. The maximum atomic E-state index is 5.73. The number of nitrogens with zero attached hydrogens (tertiary/aromatic N) is 2. The fourth-order valence-electron chi connectivity index (χ4n) is 1.64. The summed E-state index contributed by atoms with van der Waals surface area (Å²) in [6.45, 7) is 2.86. The van der Waals surface area contributed by atoms with E-state index in [4.69, 9.17) is 10.5 Å². The van der Waals surface area contributed by atoms with Crippen LogP contribution in [0.3, 0.4) is 0 Å². The average Bonchev–Trinajstić information content (AvgIpc) is 2.59. The number of nitrogen functional groups attached to an aromatic ring is 1. The number of hydrogen-bond donors (Lipinski definition) is 1. The zero-order chi connectivity index (χ0) is 8.55. The van der Waals surface area contributed by atoms with Crippen LogP contribution < -0.4 is 5.73 Å². The molecule has 66 valence electrons. The molecule has 0 spiro atoms. The summed E-state index contributed by atoms with van der Waals surface area (Å²) in [4.78, 5) is 0. The summed E-state index contributed by atoms with van der Waals surface area (Å²) in [5.74, 6) is 0.720. The number of ether oxygens (including phenoxy) is 1. The standard InChI is InChI=1S/C8H13N3O/c1-6-7(3-5-12-6)11-8(9)2-4-10-11/h2,4,6-7H,3,5,9H2,1H3. The summed E-state index contributed by atoms with van der Waals surface area (Å²) in [5.41, 5.74) is 5.73. The Morgan fingerprint density at radius 1 is 1.75 bits per heavy atom. The van der Waals surface area contributed by atoms with Crippen LogP contribution in [0, 0.1) is 0 Å². The van der Waals surface area contributed by atoms with E-state index in [9.17, 15) is 0 Å². The molecule has 1 aromatic rings. The topological polar surface area (TPSA) is 53.1 Å². The van der Waals surface area contributed by atoms with Crippen LogP contribution in [0.2, 0.25) is 0 Å². The van der Waals surface area contributed by atoms with Gasteiger partial charge in [0.1, 0.15) is 5.82 Å². The molecule has 4 heteroatoms. The van der Waals surface area contributed by atoms with E-state index in [1.165, 1.54) is 0 Å². The van der Waals surface area contributed by atoms with Gasteiger partial charge in [-0.25, -0.2) is 4.68 Å². The first-order valence-electron chi connectivity index (χ1n) is 4.19. The molecule has 0 bridgehead atoms. The van der Waals surface area contributed by atoms with Crippen molar-refractivity contribution in [1.29, 1.82) is 0 Å². The Hall–Kier alpha value is -1.03. The molecule has 0 amide bonds. The molecule has 1 aromatic heterocycles. The Morgan fingerprint density at radius 3 is 3.08 bits per heavy atom. The Bertz CT molecular complexity index is 271. The first-order chi connectivity index (χ1) is 5.79. The van der Waals surface area contributed by atoms with Gasteiger partial charge in [0.2, 0.25) is 0 Å². The van der Waals surface area contributed by atoms with Crippen molar-refractivity contribution in [2.45, 2.75) is 25.5 Å². The van der Waals surface area contributed by atoms with Gasteiger partial charge in [0, 0.05) is 6.61 Å². The van der Waals surface area contributed by atoms with Crippen LogP contribution in [-0.4, -0.2) is 22.5 Å². The van der Waals surface area contributed by atoms with E-state index in [2.05, 4.69) is 12.0 Å².